The molecule has 4 heteroatoms. The number of aliphatic carboxylic acids is 2. The second kappa shape index (κ2) is 3.01. The smallest absolute Gasteiger partial charge is 0.307 e. The molecular weight excluding hydrogens is 172 g/mol. The van der Waals surface area contributed by atoms with Crippen molar-refractivity contribution < 1.29 is 19.8 Å². The Hall–Kier alpha value is -1.06. The maximum absolute atomic E-state index is 10.8. The molecule has 1 saturated carbocycles. The number of hydrogen-bond donors (Lipinski definition) is 2. The number of carboxylic acids is 2. The Morgan fingerprint density at radius 2 is 1.77 bits per heavy atom. The van der Waals surface area contributed by atoms with E-state index in [1.54, 1.807) is 0 Å². The number of carboxylic acid groups (broad SMARTS) is 2. The second-order valence-corrected chi connectivity index (χ2v) is 4.35. The van der Waals surface area contributed by atoms with Gasteiger partial charge < -0.3 is 10.2 Å². The molecule has 0 aromatic carbocycles. The van der Waals surface area contributed by atoms with Gasteiger partial charge in [0.15, 0.2) is 0 Å². The summed E-state index contributed by atoms with van der Waals surface area (Å²) in [6.07, 6.45) is 0.719. The lowest BCUT2D eigenvalue weighted by Crippen LogP contribution is -2.25. The van der Waals surface area contributed by atoms with Gasteiger partial charge >= 0.3 is 11.9 Å². The number of carbonyl (C=O) groups is 2. The summed E-state index contributed by atoms with van der Waals surface area (Å²) in [7, 11) is 0. The van der Waals surface area contributed by atoms with Crippen LogP contribution in [0.5, 0.6) is 0 Å². The highest BCUT2D eigenvalue weighted by molar-refractivity contribution is 5.76. The Labute approximate surface area is 76.6 Å². The van der Waals surface area contributed by atoms with Crippen LogP contribution < -0.4 is 0 Å². The predicted octanol–water partition coefficient (Wildman–Crippen LogP) is 1.21. The molecule has 1 aliphatic carbocycles. The summed E-state index contributed by atoms with van der Waals surface area (Å²) >= 11 is 0. The molecule has 4 nitrogen and oxygen atoms in total. The third kappa shape index (κ3) is 1.82. The summed E-state index contributed by atoms with van der Waals surface area (Å²) in [6, 6.07) is 0. The lowest BCUT2D eigenvalue weighted by Gasteiger charge is -2.22. The summed E-state index contributed by atoms with van der Waals surface area (Å²) in [6.45, 7) is 3.63. The molecular formula is C9H14O4. The topological polar surface area (TPSA) is 74.6 Å². The lowest BCUT2D eigenvalue weighted by atomic mass is 9.82. The van der Waals surface area contributed by atoms with E-state index in [2.05, 4.69) is 0 Å². The average Bonchev–Trinajstić information content (AvgIpc) is 2.25. The zero-order valence-corrected chi connectivity index (χ0v) is 7.78. The van der Waals surface area contributed by atoms with Gasteiger partial charge in [-0.15, -0.1) is 0 Å². The summed E-state index contributed by atoms with van der Waals surface area (Å²) in [5.74, 6) is -2.77. The summed E-state index contributed by atoms with van der Waals surface area (Å²) < 4.78 is 0. The van der Waals surface area contributed by atoms with Gasteiger partial charge in [-0.25, -0.2) is 0 Å². The molecule has 0 aromatic rings. The molecule has 74 valence electrons. The van der Waals surface area contributed by atoms with E-state index in [0.717, 1.165) is 0 Å². The van der Waals surface area contributed by atoms with Gasteiger partial charge in [0.05, 0.1) is 11.8 Å². The first-order valence-corrected chi connectivity index (χ1v) is 4.30. The van der Waals surface area contributed by atoms with E-state index in [1.807, 2.05) is 13.8 Å². The monoisotopic (exact) mass is 186 g/mol. The maximum Gasteiger partial charge on any atom is 0.307 e. The van der Waals surface area contributed by atoms with Crippen LogP contribution in [0.4, 0.5) is 0 Å². The molecule has 0 heterocycles. The minimum absolute atomic E-state index is 0.262. The first-order valence-electron chi connectivity index (χ1n) is 4.30. The van der Waals surface area contributed by atoms with Crippen molar-refractivity contribution in [3.63, 3.8) is 0 Å². The van der Waals surface area contributed by atoms with Crippen molar-refractivity contribution in [3.8, 4) is 0 Å². The van der Waals surface area contributed by atoms with Crippen LogP contribution in [0.25, 0.3) is 0 Å². The van der Waals surface area contributed by atoms with Crippen LogP contribution in [0.15, 0.2) is 0 Å². The molecule has 0 spiro atoms. The van der Waals surface area contributed by atoms with Crippen molar-refractivity contribution in [1.29, 1.82) is 0 Å². The lowest BCUT2D eigenvalue weighted by molar-refractivity contribution is -0.144. The fraction of sp³-hybridized carbons (Fsp3) is 0.778. The SMILES string of the molecule is CC1(C)C[C@@H](C(=O)O)C[C@H]1C(=O)O. The summed E-state index contributed by atoms with van der Waals surface area (Å²) in [5, 5.41) is 17.6. The van der Waals surface area contributed by atoms with Gasteiger partial charge in [0.1, 0.15) is 0 Å². The van der Waals surface area contributed by atoms with Crippen LogP contribution in [0.1, 0.15) is 26.7 Å². The zero-order chi connectivity index (χ0) is 10.2. The van der Waals surface area contributed by atoms with Crippen molar-refractivity contribution in [2.24, 2.45) is 17.3 Å². The molecule has 1 aliphatic rings. The molecule has 2 N–H and O–H groups in total. The van der Waals surface area contributed by atoms with Gasteiger partial charge in [-0.3, -0.25) is 9.59 Å². The Kier molecular flexibility index (Phi) is 2.32. The quantitative estimate of drug-likeness (QED) is 0.679. The summed E-state index contributed by atoms with van der Waals surface area (Å²) in [4.78, 5) is 21.5. The fourth-order valence-corrected chi connectivity index (χ4v) is 2.09. The molecule has 0 aliphatic heterocycles. The highest BCUT2D eigenvalue weighted by Crippen LogP contribution is 2.46. The van der Waals surface area contributed by atoms with E-state index in [4.69, 9.17) is 10.2 Å². The van der Waals surface area contributed by atoms with Crippen molar-refractivity contribution in [2.45, 2.75) is 26.7 Å². The molecule has 0 saturated heterocycles. The minimum atomic E-state index is -0.881. The molecule has 0 aromatic heterocycles. The highest BCUT2D eigenvalue weighted by Gasteiger charge is 2.46. The van der Waals surface area contributed by atoms with E-state index in [1.165, 1.54) is 0 Å². The Morgan fingerprint density at radius 1 is 1.23 bits per heavy atom. The normalized spacial score (nSPS) is 31.5. The predicted molar refractivity (Wildman–Crippen MR) is 45.3 cm³/mol. The van der Waals surface area contributed by atoms with Crippen LogP contribution >= 0.6 is 0 Å². The molecule has 1 rings (SSSR count). The first kappa shape index (κ1) is 10.0. The Balaban J connectivity index is 2.79. The van der Waals surface area contributed by atoms with Crippen molar-refractivity contribution >= 4 is 11.9 Å². The molecule has 0 amide bonds. The van der Waals surface area contributed by atoms with Gasteiger partial charge in [0.2, 0.25) is 0 Å². The van der Waals surface area contributed by atoms with Crippen LogP contribution in [0, 0.1) is 17.3 Å². The third-order valence-corrected chi connectivity index (χ3v) is 2.88. The standard InChI is InChI=1S/C9H14O4/c1-9(2)4-5(7(10)11)3-6(9)8(12)13/h5-6H,3-4H2,1-2H3,(H,10,11)(H,12,13)/t5-,6-/m0/s1. The second-order valence-electron chi connectivity index (χ2n) is 4.35. The maximum atomic E-state index is 10.8. The summed E-state index contributed by atoms with van der Waals surface area (Å²) in [5.41, 5.74) is -0.394. The fourth-order valence-electron chi connectivity index (χ4n) is 2.09. The highest BCUT2D eigenvalue weighted by atomic mass is 16.4. The van der Waals surface area contributed by atoms with Crippen LogP contribution in [0.2, 0.25) is 0 Å². The van der Waals surface area contributed by atoms with Gasteiger partial charge in [-0.2, -0.15) is 0 Å². The van der Waals surface area contributed by atoms with E-state index < -0.39 is 29.2 Å². The molecule has 0 radical (unpaired) electrons. The van der Waals surface area contributed by atoms with E-state index >= 15 is 0 Å². The molecule has 1 fully saturated rings. The van der Waals surface area contributed by atoms with Gasteiger partial charge in [0.25, 0.3) is 0 Å². The van der Waals surface area contributed by atoms with Gasteiger partial charge in [-0.05, 0) is 18.3 Å². The van der Waals surface area contributed by atoms with E-state index in [-0.39, 0.29) is 6.42 Å². The third-order valence-electron chi connectivity index (χ3n) is 2.88. The largest absolute Gasteiger partial charge is 0.481 e. The van der Waals surface area contributed by atoms with Crippen molar-refractivity contribution in [1.82, 2.24) is 0 Å². The number of rotatable bonds is 2. The van der Waals surface area contributed by atoms with Gasteiger partial charge in [0, 0.05) is 0 Å². The molecule has 13 heavy (non-hydrogen) atoms. The Bertz CT molecular complexity index is 244. The van der Waals surface area contributed by atoms with Crippen molar-refractivity contribution in [2.75, 3.05) is 0 Å². The molecule has 0 bridgehead atoms. The number of hydrogen-bond acceptors (Lipinski definition) is 2. The zero-order valence-electron chi connectivity index (χ0n) is 7.78. The van der Waals surface area contributed by atoms with E-state index in [0.29, 0.717) is 6.42 Å². The first-order chi connectivity index (χ1) is 5.84. The molecule has 2 atom stereocenters. The minimum Gasteiger partial charge on any atom is -0.481 e. The van der Waals surface area contributed by atoms with E-state index in [9.17, 15) is 9.59 Å². The Morgan fingerprint density at radius 3 is 2.00 bits per heavy atom. The van der Waals surface area contributed by atoms with Crippen molar-refractivity contribution in [3.05, 3.63) is 0 Å². The average molecular weight is 186 g/mol. The van der Waals surface area contributed by atoms with Crippen LogP contribution in [-0.2, 0) is 9.59 Å². The van der Waals surface area contributed by atoms with Gasteiger partial charge in [-0.1, -0.05) is 13.8 Å². The molecule has 0 unspecified atom stereocenters. The van der Waals surface area contributed by atoms with Crippen LogP contribution in [-0.4, -0.2) is 22.2 Å². The van der Waals surface area contributed by atoms with Crippen LogP contribution in [0.3, 0.4) is 0 Å².